The summed E-state index contributed by atoms with van der Waals surface area (Å²) in [5.74, 6) is 0.990. The molecule has 1 atom stereocenters. The van der Waals surface area contributed by atoms with Crippen molar-refractivity contribution in [3.63, 3.8) is 0 Å². The molecule has 0 fully saturated rings. The first-order valence-corrected chi connectivity index (χ1v) is 7.42. The van der Waals surface area contributed by atoms with E-state index in [0.29, 0.717) is 0 Å². The molecule has 0 aliphatic heterocycles. The summed E-state index contributed by atoms with van der Waals surface area (Å²) in [5.41, 5.74) is 2.49. The Morgan fingerprint density at radius 1 is 0.824 bits per heavy atom. The second kappa shape index (κ2) is 5.33. The number of para-hydroxylation sites is 1. The maximum Gasteiger partial charge on any atom is 0.126 e. The molecule has 0 bridgehead atoms. The Balaban J connectivity index is 2.20. The maximum atomic E-state index is 6.08. The van der Waals surface area contributed by atoms with Gasteiger partial charge in [-0.05, 0) is 37.7 Å². The van der Waals surface area contributed by atoms with Crippen LogP contribution in [0.1, 0.15) is 11.1 Å². The van der Waals surface area contributed by atoms with Crippen LogP contribution in [0.25, 0.3) is 0 Å². The minimum atomic E-state index is -0.589. The van der Waals surface area contributed by atoms with Gasteiger partial charge >= 0.3 is 0 Å². The van der Waals surface area contributed by atoms with Crippen molar-refractivity contribution < 1.29 is 4.52 Å². The molecular weight excluding hydrogens is 227 g/mol. The van der Waals surface area contributed by atoms with Gasteiger partial charge in [0.2, 0.25) is 0 Å². The number of aryl methyl sites for hydroxylation is 2. The van der Waals surface area contributed by atoms with Crippen molar-refractivity contribution in [3.05, 3.63) is 59.7 Å². The first-order chi connectivity index (χ1) is 8.18. The summed E-state index contributed by atoms with van der Waals surface area (Å²) in [6.45, 7) is 6.37. The summed E-state index contributed by atoms with van der Waals surface area (Å²) in [5, 5.41) is 1.31. The molecule has 0 N–H and O–H groups in total. The molecule has 0 heterocycles. The average molecular weight is 244 g/mol. The molecule has 0 saturated heterocycles. The van der Waals surface area contributed by atoms with Crippen molar-refractivity contribution in [1.82, 2.24) is 0 Å². The van der Waals surface area contributed by atoms with Gasteiger partial charge in [-0.2, -0.15) is 0 Å². The Bertz CT molecular complexity index is 508. The number of hydrogen-bond acceptors (Lipinski definition) is 1. The third-order valence-electron chi connectivity index (χ3n) is 2.78. The molecule has 17 heavy (non-hydrogen) atoms. The summed E-state index contributed by atoms with van der Waals surface area (Å²) in [7, 11) is -0.589. The minimum absolute atomic E-state index is 0.589. The van der Waals surface area contributed by atoms with Crippen LogP contribution in [0.4, 0.5) is 0 Å². The van der Waals surface area contributed by atoms with E-state index in [-0.39, 0.29) is 0 Å². The zero-order valence-corrected chi connectivity index (χ0v) is 11.4. The van der Waals surface area contributed by atoms with E-state index in [1.807, 2.05) is 18.2 Å². The van der Waals surface area contributed by atoms with E-state index in [1.54, 1.807) is 0 Å². The summed E-state index contributed by atoms with van der Waals surface area (Å²) in [6.07, 6.45) is 0. The lowest BCUT2D eigenvalue weighted by Gasteiger charge is -2.17. The minimum Gasteiger partial charge on any atom is -0.469 e. The van der Waals surface area contributed by atoms with Gasteiger partial charge in [-0.25, -0.2) is 0 Å². The Morgan fingerprint density at radius 2 is 1.41 bits per heavy atom. The Hall–Kier alpha value is -1.33. The van der Waals surface area contributed by atoms with Crippen molar-refractivity contribution in [3.8, 4) is 5.75 Å². The molecule has 1 nitrogen and oxygen atoms in total. The van der Waals surface area contributed by atoms with Crippen molar-refractivity contribution >= 4 is 13.5 Å². The molecule has 0 aromatic heterocycles. The third kappa shape index (κ3) is 2.87. The molecule has 0 saturated carbocycles. The van der Waals surface area contributed by atoms with Crippen LogP contribution < -0.4 is 9.83 Å². The summed E-state index contributed by atoms with van der Waals surface area (Å²) < 4.78 is 6.08. The molecule has 2 rings (SSSR count). The molecule has 2 heteroatoms. The topological polar surface area (TPSA) is 9.23 Å². The van der Waals surface area contributed by atoms with Crippen molar-refractivity contribution in [2.45, 2.75) is 13.8 Å². The van der Waals surface area contributed by atoms with Crippen LogP contribution in [0, 0.1) is 13.8 Å². The number of rotatable bonds is 3. The fraction of sp³-hybridized carbons (Fsp3) is 0.200. The predicted octanol–water partition coefficient (Wildman–Crippen LogP) is 4.03. The predicted molar refractivity (Wildman–Crippen MR) is 75.5 cm³/mol. The zero-order valence-electron chi connectivity index (χ0n) is 10.5. The van der Waals surface area contributed by atoms with Crippen LogP contribution in [0.15, 0.2) is 48.5 Å². The standard InChI is InChI=1S/C15H17OP/c1-12-8-4-6-10-14(12)16-17(3)15-11-7-5-9-13(15)2/h4-11H,1-3H3. The molecule has 0 aliphatic carbocycles. The SMILES string of the molecule is Cc1ccccc1OP(C)c1ccccc1C. The van der Waals surface area contributed by atoms with E-state index in [0.717, 1.165) is 5.75 Å². The fourth-order valence-corrected chi connectivity index (χ4v) is 3.24. The van der Waals surface area contributed by atoms with Gasteiger partial charge in [-0.3, -0.25) is 0 Å². The van der Waals surface area contributed by atoms with Gasteiger partial charge in [0.25, 0.3) is 0 Å². The quantitative estimate of drug-likeness (QED) is 0.740. The first kappa shape index (κ1) is 12.1. The van der Waals surface area contributed by atoms with Gasteiger partial charge in [0, 0.05) is 5.30 Å². The van der Waals surface area contributed by atoms with Gasteiger partial charge < -0.3 is 4.52 Å². The van der Waals surface area contributed by atoms with Crippen LogP contribution in [0.2, 0.25) is 0 Å². The van der Waals surface area contributed by atoms with E-state index < -0.39 is 8.15 Å². The zero-order chi connectivity index (χ0) is 12.3. The third-order valence-corrected chi connectivity index (χ3v) is 4.43. The van der Waals surface area contributed by atoms with E-state index in [9.17, 15) is 0 Å². The van der Waals surface area contributed by atoms with Gasteiger partial charge in [0.15, 0.2) is 0 Å². The van der Waals surface area contributed by atoms with Gasteiger partial charge in [0.1, 0.15) is 13.9 Å². The number of hydrogen-bond donors (Lipinski definition) is 0. The van der Waals surface area contributed by atoms with E-state index in [1.165, 1.54) is 16.4 Å². The van der Waals surface area contributed by atoms with Crippen molar-refractivity contribution in [1.29, 1.82) is 0 Å². The molecule has 1 unspecified atom stereocenters. The molecular formula is C15H17OP. The van der Waals surface area contributed by atoms with Gasteiger partial charge in [0.05, 0.1) is 0 Å². The van der Waals surface area contributed by atoms with E-state index in [2.05, 4.69) is 50.8 Å². The highest BCUT2D eigenvalue weighted by molar-refractivity contribution is 7.60. The second-order valence-electron chi connectivity index (χ2n) is 4.14. The summed E-state index contributed by atoms with van der Waals surface area (Å²) in [4.78, 5) is 0. The largest absolute Gasteiger partial charge is 0.469 e. The molecule has 0 spiro atoms. The first-order valence-electron chi connectivity index (χ1n) is 5.71. The van der Waals surface area contributed by atoms with Crippen molar-refractivity contribution in [2.24, 2.45) is 0 Å². The van der Waals surface area contributed by atoms with Gasteiger partial charge in [-0.15, -0.1) is 0 Å². The van der Waals surface area contributed by atoms with Crippen LogP contribution in [0.5, 0.6) is 5.75 Å². The summed E-state index contributed by atoms with van der Waals surface area (Å²) >= 11 is 0. The van der Waals surface area contributed by atoms with E-state index >= 15 is 0 Å². The van der Waals surface area contributed by atoms with E-state index in [4.69, 9.17) is 4.52 Å². The molecule has 0 amide bonds. The summed E-state index contributed by atoms with van der Waals surface area (Å²) in [6, 6.07) is 16.6. The highest BCUT2D eigenvalue weighted by Crippen LogP contribution is 2.35. The van der Waals surface area contributed by atoms with Crippen LogP contribution in [-0.4, -0.2) is 6.66 Å². The smallest absolute Gasteiger partial charge is 0.126 e. The Morgan fingerprint density at radius 3 is 2.06 bits per heavy atom. The average Bonchev–Trinajstić information content (AvgIpc) is 2.32. The maximum absolute atomic E-state index is 6.08. The highest BCUT2D eigenvalue weighted by Gasteiger charge is 2.10. The van der Waals surface area contributed by atoms with Crippen LogP contribution >= 0.6 is 8.15 Å². The second-order valence-corrected chi connectivity index (χ2v) is 5.80. The Labute approximate surface area is 104 Å². The molecule has 88 valence electrons. The normalized spacial score (nSPS) is 12.2. The van der Waals surface area contributed by atoms with Crippen LogP contribution in [0.3, 0.4) is 0 Å². The lowest BCUT2D eigenvalue weighted by Crippen LogP contribution is -2.08. The molecule has 0 radical (unpaired) electrons. The Kier molecular flexibility index (Phi) is 3.81. The van der Waals surface area contributed by atoms with Gasteiger partial charge in [-0.1, -0.05) is 42.5 Å². The lowest BCUT2D eigenvalue weighted by atomic mass is 10.2. The highest BCUT2D eigenvalue weighted by atomic mass is 31.1. The molecule has 2 aromatic rings. The van der Waals surface area contributed by atoms with Crippen LogP contribution in [-0.2, 0) is 0 Å². The monoisotopic (exact) mass is 244 g/mol. The fourth-order valence-electron chi connectivity index (χ4n) is 1.77. The number of benzene rings is 2. The molecule has 2 aromatic carbocycles. The lowest BCUT2D eigenvalue weighted by molar-refractivity contribution is 0.620. The van der Waals surface area contributed by atoms with Crippen molar-refractivity contribution in [2.75, 3.05) is 6.66 Å². The molecule has 0 aliphatic rings.